The summed E-state index contributed by atoms with van der Waals surface area (Å²) in [7, 11) is -4.33. The van der Waals surface area contributed by atoms with Gasteiger partial charge in [-0.05, 0) is 30.3 Å². The summed E-state index contributed by atoms with van der Waals surface area (Å²) in [5.74, 6) is 0.272. The minimum absolute atomic E-state index is 0.133. The van der Waals surface area contributed by atoms with Crippen LogP contribution < -0.4 is 0 Å². The van der Waals surface area contributed by atoms with Crippen LogP contribution in [0.25, 0.3) is 33.3 Å². The van der Waals surface area contributed by atoms with E-state index < -0.39 is 10.1 Å². The molecule has 116 valence electrons. The highest BCUT2D eigenvalue weighted by atomic mass is 32.2. The number of nitrogens with zero attached hydrogens (tertiary/aromatic N) is 1. The van der Waals surface area contributed by atoms with Crippen molar-refractivity contribution in [1.82, 2.24) is 15.0 Å². The molecule has 0 aliphatic heterocycles. The normalized spacial score (nSPS) is 12.2. The van der Waals surface area contributed by atoms with Crippen LogP contribution in [0.5, 0.6) is 5.88 Å². The zero-order chi connectivity index (χ0) is 16.2. The molecule has 0 saturated heterocycles. The molecule has 23 heavy (non-hydrogen) atoms. The second kappa shape index (κ2) is 4.58. The Morgan fingerprint density at radius 2 is 1.78 bits per heavy atom. The average molecular weight is 329 g/mol. The maximum Gasteiger partial charge on any atom is 0.294 e. The highest BCUT2D eigenvalue weighted by Crippen LogP contribution is 2.36. The molecule has 0 atom stereocenters. The largest absolute Gasteiger partial charge is 0.494 e. The molecule has 4 N–H and O–H groups in total. The number of nitrogens with one attached hydrogen (secondary N) is 2. The van der Waals surface area contributed by atoms with Crippen molar-refractivity contribution in [2.75, 3.05) is 0 Å². The molecule has 2 heterocycles. The summed E-state index contributed by atoms with van der Waals surface area (Å²) in [5.41, 5.74) is 2.40. The van der Waals surface area contributed by atoms with Gasteiger partial charge < -0.3 is 15.1 Å². The van der Waals surface area contributed by atoms with Crippen LogP contribution in [-0.2, 0) is 10.1 Å². The molecule has 0 bridgehead atoms. The van der Waals surface area contributed by atoms with Gasteiger partial charge in [-0.3, -0.25) is 4.55 Å². The molecule has 0 aliphatic carbocycles. The molecule has 0 amide bonds. The number of rotatable bonds is 2. The Morgan fingerprint density at radius 3 is 2.52 bits per heavy atom. The van der Waals surface area contributed by atoms with E-state index in [2.05, 4.69) is 15.0 Å². The molecule has 2 aromatic carbocycles. The van der Waals surface area contributed by atoms with E-state index in [1.165, 1.54) is 18.2 Å². The fourth-order valence-electron chi connectivity index (χ4n) is 2.63. The molecule has 0 saturated carbocycles. The molecule has 7 nitrogen and oxygen atoms in total. The fourth-order valence-corrected chi connectivity index (χ4v) is 3.13. The van der Waals surface area contributed by atoms with E-state index in [4.69, 9.17) is 0 Å². The van der Waals surface area contributed by atoms with E-state index in [9.17, 15) is 18.1 Å². The van der Waals surface area contributed by atoms with Gasteiger partial charge in [-0.1, -0.05) is 12.1 Å². The van der Waals surface area contributed by atoms with Gasteiger partial charge >= 0.3 is 0 Å². The number of aromatic hydroxyl groups is 1. The van der Waals surface area contributed by atoms with Gasteiger partial charge in [0.15, 0.2) is 0 Å². The lowest BCUT2D eigenvalue weighted by Gasteiger charge is -1.99. The van der Waals surface area contributed by atoms with Crippen LogP contribution in [-0.4, -0.2) is 33.0 Å². The van der Waals surface area contributed by atoms with Crippen LogP contribution in [0.15, 0.2) is 47.4 Å². The maximum absolute atomic E-state index is 11.3. The topological polar surface area (TPSA) is 119 Å². The SMILES string of the molecule is O=S(=O)(O)c1ccc2[nH]c(O)c(-c3nc4ccccc4[nH]3)c2c1. The molecule has 0 radical (unpaired) electrons. The van der Waals surface area contributed by atoms with E-state index in [0.29, 0.717) is 22.3 Å². The summed E-state index contributed by atoms with van der Waals surface area (Å²) in [6, 6.07) is 11.4. The quantitative estimate of drug-likeness (QED) is 0.422. The van der Waals surface area contributed by atoms with Crippen molar-refractivity contribution in [3.8, 4) is 17.3 Å². The van der Waals surface area contributed by atoms with Crippen LogP contribution in [0, 0.1) is 0 Å². The molecule has 8 heteroatoms. The van der Waals surface area contributed by atoms with Crippen LogP contribution in [0.1, 0.15) is 0 Å². The van der Waals surface area contributed by atoms with Crippen molar-refractivity contribution in [3.05, 3.63) is 42.5 Å². The Balaban J connectivity index is 2.03. The molecule has 2 aromatic heterocycles. The van der Waals surface area contributed by atoms with Crippen molar-refractivity contribution in [3.63, 3.8) is 0 Å². The third-order valence-electron chi connectivity index (χ3n) is 3.67. The van der Waals surface area contributed by atoms with Gasteiger partial charge in [-0.15, -0.1) is 0 Å². The Hall–Kier alpha value is -2.84. The van der Waals surface area contributed by atoms with Crippen molar-refractivity contribution < 1.29 is 18.1 Å². The lowest BCUT2D eigenvalue weighted by molar-refractivity contribution is 0.460. The number of aromatic amines is 2. The number of fused-ring (bicyclic) bond motifs is 2. The first-order chi connectivity index (χ1) is 10.9. The van der Waals surface area contributed by atoms with Gasteiger partial charge in [0, 0.05) is 10.9 Å². The fraction of sp³-hybridized carbons (Fsp3) is 0. The minimum atomic E-state index is -4.33. The van der Waals surface area contributed by atoms with Gasteiger partial charge in [0.25, 0.3) is 10.1 Å². The first-order valence-electron chi connectivity index (χ1n) is 6.71. The van der Waals surface area contributed by atoms with Gasteiger partial charge in [0.2, 0.25) is 5.88 Å². The summed E-state index contributed by atoms with van der Waals surface area (Å²) in [6.07, 6.45) is 0. The summed E-state index contributed by atoms with van der Waals surface area (Å²) in [4.78, 5) is 10.0. The second-order valence-electron chi connectivity index (χ2n) is 5.13. The first kappa shape index (κ1) is 13.8. The summed E-state index contributed by atoms with van der Waals surface area (Å²) < 4.78 is 31.9. The molecule has 4 aromatic rings. The van der Waals surface area contributed by atoms with E-state index in [-0.39, 0.29) is 10.8 Å². The molecule has 0 spiro atoms. The number of hydrogen-bond donors (Lipinski definition) is 4. The second-order valence-corrected chi connectivity index (χ2v) is 6.56. The predicted molar refractivity (Wildman–Crippen MR) is 84.9 cm³/mol. The zero-order valence-electron chi connectivity index (χ0n) is 11.6. The van der Waals surface area contributed by atoms with E-state index in [0.717, 1.165) is 11.0 Å². The molecule has 0 unspecified atom stereocenters. The van der Waals surface area contributed by atoms with Crippen molar-refractivity contribution in [2.45, 2.75) is 4.90 Å². The van der Waals surface area contributed by atoms with Gasteiger partial charge in [0.1, 0.15) is 5.82 Å². The summed E-state index contributed by atoms with van der Waals surface area (Å²) >= 11 is 0. The van der Waals surface area contributed by atoms with E-state index >= 15 is 0 Å². The number of H-pyrrole nitrogens is 2. The Kier molecular flexibility index (Phi) is 2.75. The monoisotopic (exact) mass is 329 g/mol. The Bertz CT molecular complexity index is 1130. The van der Waals surface area contributed by atoms with Crippen molar-refractivity contribution >= 4 is 32.1 Å². The smallest absolute Gasteiger partial charge is 0.294 e. The highest BCUT2D eigenvalue weighted by Gasteiger charge is 2.19. The van der Waals surface area contributed by atoms with Crippen molar-refractivity contribution in [2.24, 2.45) is 0 Å². The number of hydrogen-bond acceptors (Lipinski definition) is 4. The first-order valence-corrected chi connectivity index (χ1v) is 8.15. The zero-order valence-corrected chi connectivity index (χ0v) is 12.4. The summed E-state index contributed by atoms with van der Waals surface area (Å²) in [6.45, 7) is 0. The van der Waals surface area contributed by atoms with Crippen LogP contribution in [0.4, 0.5) is 0 Å². The number of imidazole rings is 1. The number of aromatic nitrogens is 3. The third kappa shape index (κ3) is 2.16. The Morgan fingerprint density at radius 1 is 1.00 bits per heavy atom. The molecule has 0 fully saturated rings. The molecular formula is C15H11N3O4S. The van der Waals surface area contributed by atoms with Gasteiger partial charge in [-0.2, -0.15) is 8.42 Å². The standard InChI is InChI=1S/C15H11N3O4S/c19-15-13(14-16-11-3-1-2-4-12(11)17-14)9-7-8(23(20,21)22)5-6-10(9)18-15/h1-7,18-19H,(H,16,17)(H,20,21,22). The predicted octanol–water partition coefficient (Wildman–Crippen LogP) is 2.66. The lowest BCUT2D eigenvalue weighted by atomic mass is 10.1. The summed E-state index contributed by atoms with van der Waals surface area (Å²) in [5, 5.41) is 10.6. The molecular weight excluding hydrogens is 318 g/mol. The molecule has 4 rings (SSSR count). The lowest BCUT2D eigenvalue weighted by Crippen LogP contribution is -1.97. The third-order valence-corrected chi connectivity index (χ3v) is 4.52. The van der Waals surface area contributed by atoms with Crippen molar-refractivity contribution in [1.29, 1.82) is 0 Å². The average Bonchev–Trinajstić information content (AvgIpc) is 3.04. The van der Waals surface area contributed by atoms with E-state index in [1.807, 2.05) is 24.3 Å². The molecule has 0 aliphatic rings. The highest BCUT2D eigenvalue weighted by molar-refractivity contribution is 7.85. The van der Waals surface area contributed by atoms with Gasteiger partial charge in [0.05, 0.1) is 21.5 Å². The number of para-hydroxylation sites is 2. The van der Waals surface area contributed by atoms with E-state index in [1.54, 1.807) is 0 Å². The minimum Gasteiger partial charge on any atom is -0.494 e. The Labute approximate surface area is 130 Å². The van der Waals surface area contributed by atoms with Gasteiger partial charge in [-0.25, -0.2) is 4.98 Å². The van der Waals surface area contributed by atoms with Crippen LogP contribution in [0.3, 0.4) is 0 Å². The van der Waals surface area contributed by atoms with Crippen LogP contribution in [0.2, 0.25) is 0 Å². The van der Waals surface area contributed by atoms with Crippen LogP contribution >= 0.6 is 0 Å². The maximum atomic E-state index is 11.3. The number of benzene rings is 2.